The molecule has 0 aliphatic rings. The predicted octanol–water partition coefficient (Wildman–Crippen LogP) is 1.21. The van der Waals surface area contributed by atoms with Gasteiger partial charge in [-0.05, 0) is 13.8 Å². The van der Waals surface area contributed by atoms with Gasteiger partial charge in [-0.3, -0.25) is 5.32 Å². The van der Waals surface area contributed by atoms with Gasteiger partial charge in [0.05, 0.1) is 0 Å². The summed E-state index contributed by atoms with van der Waals surface area (Å²) in [5, 5.41) is 1.97. The minimum absolute atomic E-state index is 0.125. The second kappa shape index (κ2) is 2.91. The Hall–Kier alpha value is -0.180. The fourth-order valence-electron chi connectivity index (χ4n) is 0.252. The molecule has 0 heterocycles. The lowest BCUT2D eigenvalue weighted by Crippen LogP contribution is -2.27. The van der Waals surface area contributed by atoms with Gasteiger partial charge in [-0.15, -0.1) is 0 Å². The van der Waals surface area contributed by atoms with Gasteiger partial charge >= 0.3 is 0 Å². The number of halogens is 2. The van der Waals surface area contributed by atoms with Crippen molar-refractivity contribution in [3.63, 3.8) is 0 Å². The maximum absolute atomic E-state index is 11.2. The second-order valence-electron chi connectivity index (χ2n) is 1.62. The van der Waals surface area contributed by atoms with Crippen LogP contribution in [0.15, 0.2) is 0 Å². The highest BCUT2D eigenvalue weighted by molar-refractivity contribution is 4.46. The third-order valence-corrected chi connectivity index (χ3v) is 0.459. The van der Waals surface area contributed by atoms with E-state index < -0.39 is 6.55 Å². The smallest absolute Gasteiger partial charge is 0.259 e. The fraction of sp³-hybridized carbons (Fsp3) is 1.00. The zero-order valence-corrected chi connectivity index (χ0v) is 4.41. The van der Waals surface area contributed by atoms with E-state index in [1.807, 2.05) is 5.32 Å². The molecule has 0 radical (unpaired) electrons. The zero-order chi connectivity index (χ0) is 5.86. The SMILES string of the molecule is CC(C)NC(F)F. The standard InChI is InChI=1S/C4H9F2N/c1-3(2)7-4(5)6/h3-4,7H,1-2H3. The van der Waals surface area contributed by atoms with Gasteiger partial charge in [0, 0.05) is 6.04 Å². The van der Waals surface area contributed by atoms with Crippen LogP contribution in [0.25, 0.3) is 0 Å². The van der Waals surface area contributed by atoms with Crippen LogP contribution in [0.4, 0.5) is 8.78 Å². The topological polar surface area (TPSA) is 12.0 Å². The van der Waals surface area contributed by atoms with Gasteiger partial charge in [-0.25, -0.2) is 0 Å². The Labute approximate surface area is 41.7 Å². The molecule has 0 aromatic rings. The quantitative estimate of drug-likeness (QED) is 0.525. The van der Waals surface area contributed by atoms with Gasteiger partial charge in [0.1, 0.15) is 0 Å². The molecule has 0 aliphatic carbocycles. The highest BCUT2D eigenvalue weighted by Crippen LogP contribution is 1.87. The fourth-order valence-corrected chi connectivity index (χ4v) is 0.252. The molecule has 1 N–H and O–H groups in total. The number of hydrogen-bond acceptors (Lipinski definition) is 1. The van der Waals surface area contributed by atoms with Crippen LogP contribution < -0.4 is 5.32 Å². The maximum Gasteiger partial charge on any atom is 0.292 e. The Bertz CT molecular complexity index is 39.0. The van der Waals surface area contributed by atoms with E-state index in [9.17, 15) is 8.78 Å². The van der Waals surface area contributed by atoms with Crippen molar-refractivity contribution in [3.05, 3.63) is 0 Å². The van der Waals surface area contributed by atoms with Gasteiger partial charge in [0.15, 0.2) is 0 Å². The van der Waals surface area contributed by atoms with Crippen molar-refractivity contribution >= 4 is 0 Å². The summed E-state index contributed by atoms with van der Waals surface area (Å²) in [5.41, 5.74) is 0. The molecular formula is C4H9F2N. The molecular weight excluding hydrogens is 100 g/mol. The summed E-state index contributed by atoms with van der Waals surface area (Å²) in [7, 11) is 0. The molecule has 0 rings (SSSR count). The van der Waals surface area contributed by atoms with E-state index in [4.69, 9.17) is 0 Å². The van der Waals surface area contributed by atoms with Gasteiger partial charge in [0.25, 0.3) is 6.55 Å². The van der Waals surface area contributed by atoms with E-state index in [-0.39, 0.29) is 6.04 Å². The highest BCUT2D eigenvalue weighted by Gasteiger charge is 2.00. The summed E-state index contributed by atoms with van der Waals surface area (Å²) >= 11 is 0. The lowest BCUT2D eigenvalue weighted by molar-refractivity contribution is 0.0979. The van der Waals surface area contributed by atoms with Crippen LogP contribution in [-0.4, -0.2) is 12.6 Å². The van der Waals surface area contributed by atoms with Crippen molar-refractivity contribution in [2.75, 3.05) is 0 Å². The van der Waals surface area contributed by atoms with Crippen LogP contribution in [-0.2, 0) is 0 Å². The van der Waals surface area contributed by atoms with Crippen molar-refractivity contribution in [2.24, 2.45) is 0 Å². The third kappa shape index (κ3) is 5.82. The number of hydrogen-bond donors (Lipinski definition) is 1. The molecule has 0 unspecified atom stereocenters. The average molecular weight is 109 g/mol. The summed E-state index contributed by atoms with van der Waals surface area (Å²) in [6.07, 6.45) is 0. The molecule has 0 atom stereocenters. The van der Waals surface area contributed by atoms with Crippen LogP contribution in [0.2, 0.25) is 0 Å². The first-order chi connectivity index (χ1) is 3.13. The van der Waals surface area contributed by atoms with Gasteiger partial charge < -0.3 is 0 Å². The van der Waals surface area contributed by atoms with Crippen LogP contribution in [0.1, 0.15) is 13.8 Å². The molecule has 44 valence electrons. The Morgan fingerprint density at radius 1 is 1.29 bits per heavy atom. The van der Waals surface area contributed by atoms with Gasteiger partial charge in [0.2, 0.25) is 0 Å². The van der Waals surface area contributed by atoms with Crippen molar-refractivity contribution in [1.82, 2.24) is 5.32 Å². The molecule has 0 aliphatic heterocycles. The van der Waals surface area contributed by atoms with E-state index in [2.05, 4.69) is 0 Å². The summed E-state index contributed by atoms with van der Waals surface area (Å²) in [6.45, 7) is 0.971. The number of nitrogens with one attached hydrogen (secondary N) is 1. The van der Waals surface area contributed by atoms with Gasteiger partial charge in [-0.1, -0.05) is 0 Å². The molecule has 0 saturated carbocycles. The molecule has 0 saturated heterocycles. The summed E-state index contributed by atoms with van der Waals surface area (Å²) in [5.74, 6) is 0. The normalized spacial score (nSPS) is 11.1. The molecule has 0 bridgehead atoms. The van der Waals surface area contributed by atoms with E-state index >= 15 is 0 Å². The number of rotatable bonds is 2. The monoisotopic (exact) mass is 109 g/mol. The van der Waals surface area contributed by atoms with Gasteiger partial charge in [-0.2, -0.15) is 8.78 Å². The average Bonchev–Trinajstić information content (AvgIpc) is 1.27. The molecule has 3 heteroatoms. The van der Waals surface area contributed by atoms with Crippen molar-refractivity contribution in [3.8, 4) is 0 Å². The van der Waals surface area contributed by atoms with Crippen molar-refractivity contribution in [2.45, 2.75) is 26.4 Å². The summed E-state index contributed by atoms with van der Waals surface area (Å²) in [6, 6.07) is -0.125. The van der Waals surface area contributed by atoms with E-state index in [0.717, 1.165) is 0 Å². The lowest BCUT2D eigenvalue weighted by atomic mass is 10.4. The van der Waals surface area contributed by atoms with Crippen LogP contribution >= 0.6 is 0 Å². The molecule has 0 fully saturated rings. The zero-order valence-electron chi connectivity index (χ0n) is 4.41. The third-order valence-electron chi connectivity index (χ3n) is 0.459. The van der Waals surface area contributed by atoms with Crippen molar-refractivity contribution in [1.29, 1.82) is 0 Å². The van der Waals surface area contributed by atoms with Crippen molar-refractivity contribution < 1.29 is 8.78 Å². The first kappa shape index (κ1) is 6.82. The molecule has 0 amide bonds. The molecule has 1 nitrogen and oxygen atoms in total. The molecule has 0 aromatic heterocycles. The lowest BCUT2D eigenvalue weighted by Gasteiger charge is -2.03. The van der Waals surface area contributed by atoms with E-state index in [0.29, 0.717) is 0 Å². The first-order valence-electron chi connectivity index (χ1n) is 2.17. The maximum atomic E-state index is 11.2. The molecule has 0 spiro atoms. The minimum atomic E-state index is -2.38. The largest absolute Gasteiger partial charge is 0.292 e. The highest BCUT2D eigenvalue weighted by atomic mass is 19.3. The first-order valence-corrected chi connectivity index (χ1v) is 2.17. The number of alkyl halides is 2. The van der Waals surface area contributed by atoms with Crippen LogP contribution in [0.5, 0.6) is 0 Å². The molecule has 0 aromatic carbocycles. The Balaban J connectivity index is 2.95. The van der Waals surface area contributed by atoms with Crippen LogP contribution in [0, 0.1) is 0 Å². The molecule has 7 heavy (non-hydrogen) atoms. The Kier molecular flexibility index (Phi) is 2.83. The predicted molar refractivity (Wildman–Crippen MR) is 24.3 cm³/mol. The van der Waals surface area contributed by atoms with E-state index in [1.54, 1.807) is 13.8 Å². The van der Waals surface area contributed by atoms with Crippen LogP contribution in [0.3, 0.4) is 0 Å². The Morgan fingerprint density at radius 2 is 1.71 bits per heavy atom. The summed E-state index contributed by atoms with van der Waals surface area (Å²) in [4.78, 5) is 0. The Morgan fingerprint density at radius 3 is 1.71 bits per heavy atom. The second-order valence-corrected chi connectivity index (χ2v) is 1.62. The minimum Gasteiger partial charge on any atom is -0.259 e. The van der Waals surface area contributed by atoms with E-state index in [1.165, 1.54) is 0 Å². The summed E-state index contributed by atoms with van der Waals surface area (Å²) < 4.78 is 22.3.